The third-order valence-corrected chi connectivity index (χ3v) is 2.73. The summed E-state index contributed by atoms with van der Waals surface area (Å²) in [6.07, 6.45) is 2.70. The van der Waals surface area contributed by atoms with Crippen LogP contribution in [0.5, 0.6) is 0 Å². The van der Waals surface area contributed by atoms with Gasteiger partial charge in [-0.3, -0.25) is 0 Å². The summed E-state index contributed by atoms with van der Waals surface area (Å²) in [6.45, 7) is -5.84. The standard InChI is InChI=1S/C11H11BrClN5/c1-18(2)10-8(4-3-5-14-10)16-9-7(12)6-15-11(13)17-9/h3-6H,1-2H3,(H,15,16,17)/i1D3,2D3. The first kappa shape index (κ1) is 7.25. The first-order chi connectivity index (χ1) is 11.0. The molecule has 0 radical (unpaired) electrons. The molecular formula is C11H11BrClN5. The van der Waals surface area contributed by atoms with Crippen LogP contribution < -0.4 is 10.2 Å². The highest BCUT2D eigenvalue weighted by atomic mass is 79.9. The van der Waals surface area contributed by atoms with Crippen molar-refractivity contribution in [2.24, 2.45) is 0 Å². The minimum Gasteiger partial charge on any atom is -0.361 e. The van der Waals surface area contributed by atoms with Gasteiger partial charge in [-0.1, -0.05) is 0 Å². The van der Waals surface area contributed by atoms with E-state index in [0.717, 1.165) is 0 Å². The lowest BCUT2D eigenvalue weighted by molar-refractivity contribution is 1.07. The smallest absolute Gasteiger partial charge is 0.224 e. The van der Waals surface area contributed by atoms with Crippen molar-refractivity contribution in [3.05, 3.63) is 34.3 Å². The third-order valence-electron chi connectivity index (χ3n) is 1.97. The van der Waals surface area contributed by atoms with Crippen LogP contribution in [0.25, 0.3) is 0 Å². The topological polar surface area (TPSA) is 53.9 Å². The summed E-state index contributed by atoms with van der Waals surface area (Å²) in [5.41, 5.74) is 0.139. The molecule has 0 fully saturated rings. The molecule has 2 aromatic rings. The van der Waals surface area contributed by atoms with E-state index in [0.29, 0.717) is 9.37 Å². The maximum Gasteiger partial charge on any atom is 0.224 e. The molecule has 2 aromatic heterocycles. The summed E-state index contributed by atoms with van der Waals surface area (Å²) in [5, 5.41) is 2.79. The molecule has 0 bridgehead atoms. The Bertz CT molecular complexity index is 724. The number of hydrogen-bond acceptors (Lipinski definition) is 5. The van der Waals surface area contributed by atoms with Gasteiger partial charge in [0.25, 0.3) is 0 Å². The summed E-state index contributed by atoms with van der Waals surface area (Å²) < 4.78 is 45.5. The maximum atomic E-state index is 7.51. The van der Waals surface area contributed by atoms with Crippen molar-refractivity contribution in [1.82, 2.24) is 15.0 Å². The Morgan fingerprint density at radius 2 is 2.28 bits per heavy atom. The first-order valence-corrected chi connectivity index (χ1v) is 5.87. The van der Waals surface area contributed by atoms with Gasteiger partial charge in [0.15, 0.2) is 5.82 Å². The minimum absolute atomic E-state index is 0.0327. The van der Waals surface area contributed by atoms with Crippen LogP contribution in [0.15, 0.2) is 29.0 Å². The van der Waals surface area contributed by atoms with Crippen molar-refractivity contribution in [3.8, 4) is 0 Å². The summed E-state index contributed by atoms with van der Waals surface area (Å²) in [4.78, 5) is 11.9. The fraction of sp³-hybridized carbons (Fsp3) is 0.182. The van der Waals surface area contributed by atoms with E-state index in [4.69, 9.17) is 19.8 Å². The third kappa shape index (κ3) is 2.88. The van der Waals surface area contributed by atoms with Gasteiger partial charge in [0.1, 0.15) is 5.82 Å². The van der Waals surface area contributed by atoms with E-state index in [1.165, 1.54) is 24.5 Å². The number of rotatable bonds is 3. The molecule has 18 heavy (non-hydrogen) atoms. The van der Waals surface area contributed by atoms with E-state index in [1.54, 1.807) is 0 Å². The number of pyridine rings is 1. The van der Waals surface area contributed by atoms with Gasteiger partial charge in [0, 0.05) is 34.6 Å². The maximum absolute atomic E-state index is 7.51. The van der Waals surface area contributed by atoms with Crippen molar-refractivity contribution in [2.75, 3.05) is 24.2 Å². The fourth-order valence-corrected chi connectivity index (χ4v) is 1.66. The molecule has 0 spiro atoms. The number of anilines is 3. The summed E-state index contributed by atoms with van der Waals surface area (Å²) in [7, 11) is 0. The molecule has 0 aliphatic rings. The van der Waals surface area contributed by atoms with Crippen molar-refractivity contribution < 1.29 is 8.22 Å². The van der Waals surface area contributed by atoms with Gasteiger partial charge in [0.2, 0.25) is 5.28 Å². The Balaban J connectivity index is 2.52. The van der Waals surface area contributed by atoms with E-state index < -0.39 is 14.0 Å². The number of nitrogens with zero attached hydrogens (tertiary/aromatic N) is 4. The molecule has 0 saturated carbocycles. The van der Waals surface area contributed by atoms with Gasteiger partial charge in [-0.25, -0.2) is 9.97 Å². The molecule has 94 valence electrons. The molecule has 0 amide bonds. The van der Waals surface area contributed by atoms with Gasteiger partial charge in [-0.15, -0.1) is 0 Å². The van der Waals surface area contributed by atoms with Crippen LogP contribution in [0.4, 0.5) is 17.3 Å². The van der Waals surface area contributed by atoms with Gasteiger partial charge < -0.3 is 10.2 Å². The lowest BCUT2D eigenvalue weighted by Gasteiger charge is -2.16. The second-order valence-corrected chi connectivity index (χ2v) is 4.36. The Kier molecular flexibility index (Phi) is 2.21. The van der Waals surface area contributed by atoms with Crippen molar-refractivity contribution in [2.45, 2.75) is 0 Å². The average molecular weight is 335 g/mol. The molecule has 5 nitrogen and oxygen atoms in total. The molecule has 2 heterocycles. The molecule has 0 saturated heterocycles. The molecule has 0 aliphatic carbocycles. The van der Waals surface area contributed by atoms with E-state index >= 15 is 0 Å². The molecule has 0 aliphatic heterocycles. The van der Waals surface area contributed by atoms with Crippen LogP contribution in [-0.4, -0.2) is 28.9 Å². The predicted octanol–water partition coefficient (Wildman–Crippen LogP) is 3.10. The van der Waals surface area contributed by atoms with E-state index in [9.17, 15) is 0 Å². The molecule has 0 unspecified atom stereocenters. The van der Waals surface area contributed by atoms with E-state index in [-0.39, 0.29) is 22.6 Å². The fourth-order valence-electron chi connectivity index (χ4n) is 1.23. The zero-order valence-electron chi connectivity index (χ0n) is 14.9. The monoisotopic (exact) mass is 333 g/mol. The summed E-state index contributed by atoms with van der Waals surface area (Å²) in [5.74, 6) is -0.0283. The van der Waals surface area contributed by atoms with Gasteiger partial charge in [0.05, 0.1) is 10.2 Å². The summed E-state index contributed by atoms with van der Waals surface area (Å²) >= 11 is 8.97. The summed E-state index contributed by atoms with van der Waals surface area (Å²) in [6, 6.07) is 3.01. The van der Waals surface area contributed by atoms with Gasteiger partial charge in [-0.2, -0.15) is 4.98 Å². The Hall–Kier alpha value is -1.40. The van der Waals surface area contributed by atoms with Crippen molar-refractivity contribution in [3.63, 3.8) is 0 Å². The lowest BCUT2D eigenvalue weighted by atomic mass is 10.3. The SMILES string of the molecule is [2H]C([2H])([2H])N(c1ncccc1Nc1nc(Cl)ncc1Br)C([2H])([2H])[2H]. The second-order valence-electron chi connectivity index (χ2n) is 3.17. The number of nitrogens with one attached hydrogen (secondary N) is 1. The van der Waals surface area contributed by atoms with Crippen molar-refractivity contribution >= 4 is 44.9 Å². The molecule has 0 aromatic carbocycles. The average Bonchev–Trinajstić information content (AvgIpc) is 2.42. The van der Waals surface area contributed by atoms with Crippen LogP contribution in [0.2, 0.25) is 5.28 Å². The molecular weight excluding hydrogens is 318 g/mol. The van der Waals surface area contributed by atoms with E-state index in [1.807, 2.05) is 0 Å². The second kappa shape index (κ2) is 5.49. The van der Waals surface area contributed by atoms with E-state index in [2.05, 4.69) is 36.2 Å². The van der Waals surface area contributed by atoms with Gasteiger partial charge in [-0.05, 0) is 39.7 Å². The lowest BCUT2D eigenvalue weighted by Crippen LogP contribution is -2.13. The highest BCUT2D eigenvalue weighted by molar-refractivity contribution is 9.10. The molecule has 0 atom stereocenters. The van der Waals surface area contributed by atoms with Gasteiger partial charge >= 0.3 is 0 Å². The highest BCUT2D eigenvalue weighted by Crippen LogP contribution is 2.28. The zero-order chi connectivity index (χ0) is 18.1. The normalized spacial score (nSPS) is 16.6. The number of hydrogen-bond donors (Lipinski definition) is 1. The largest absolute Gasteiger partial charge is 0.361 e. The number of halogens is 2. The quantitative estimate of drug-likeness (QED) is 0.874. The Morgan fingerprint density at radius 3 is 3.06 bits per heavy atom. The van der Waals surface area contributed by atoms with Crippen LogP contribution >= 0.6 is 27.5 Å². The van der Waals surface area contributed by atoms with Crippen LogP contribution in [0.1, 0.15) is 8.22 Å². The molecule has 2 rings (SSSR count). The zero-order valence-corrected chi connectivity index (χ0v) is 11.2. The Morgan fingerprint density at radius 1 is 1.44 bits per heavy atom. The Labute approximate surface area is 127 Å². The van der Waals surface area contributed by atoms with Crippen LogP contribution in [-0.2, 0) is 0 Å². The molecule has 1 N–H and O–H groups in total. The number of aromatic nitrogens is 3. The first-order valence-electron chi connectivity index (χ1n) is 7.70. The minimum atomic E-state index is -2.92. The predicted molar refractivity (Wildman–Crippen MR) is 76.6 cm³/mol. The molecule has 7 heteroatoms. The van der Waals surface area contributed by atoms with Crippen LogP contribution in [0, 0.1) is 0 Å². The van der Waals surface area contributed by atoms with Crippen LogP contribution in [0.3, 0.4) is 0 Å². The van der Waals surface area contributed by atoms with Crippen molar-refractivity contribution in [1.29, 1.82) is 0 Å². The highest BCUT2D eigenvalue weighted by Gasteiger charge is 2.09.